The number of thiophene rings is 1. The molecule has 0 aliphatic carbocycles. The zero-order valence-corrected chi connectivity index (χ0v) is 12.3. The summed E-state index contributed by atoms with van der Waals surface area (Å²) in [5.41, 5.74) is 3.21. The van der Waals surface area contributed by atoms with Crippen LogP contribution >= 0.6 is 22.7 Å². The molecule has 19 heavy (non-hydrogen) atoms. The molecule has 0 atom stereocenters. The molecule has 0 amide bonds. The molecule has 1 N–H and O–H groups in total. The van der Waals surface area contributed by atoms with Gasteiger partial charge in [-0.25, -0.2) is 4.98 Å². The van der Waals surface area contributed by atoms with Crippen molar-refractivity contribution in [1.29, 1.82) is 0 Å². The highest BCUT2D eigenvalue weighted by Crippen LogP contribution is 2.31. The lowest BCUT2D eigenvalue weighted by Crippen LogP contribution is -1.93. The fraction of sp³-hybridized carbons (Fsp3) is 0.143. The van der Waals surface area contributed by atoms with Crippen LogP contribution in [-0.4, -0.2) is 9.97 Å². The highest BCUT2D eigenvalue weighted by Gasteiger charge is 2.07. The van der Waals surface area contributed by atoms with Crippen LogP contribution in [0.1, 0.15) is 10.4 Å². The van der Waals surface area contributed by atoms with E-state index in [0.29, 0.717) is 0 Å². The van der Waals surface area contributed by atoms with Gasteiger partial charge in [0.15, 0.2) is 5.13 Å². The average Bonchev–Trinajstić information content (AvgIpc) is 3.01. The molecule has 3 heterocycles. The molecule has 0 saturated carbocycles. The Balaban J connectivity index is 1.84. The van der Waals surface area contributed by atoms with Crippen molar-refractivity contribution in [3.8, 4) is 10.6 Å². The molecular weight excluding hydrogens is 274 g/mol. The van der Waals surface area contributed by atoms with Crippen molar-refractivity contribution >= 4 is 33.5 Å². The van der Waals surface area contributed by atoms with E-state index in [0.717, 1.165) is 16.5 Å². The largest absolute Gasteiger partial charge is 0.330 e. The number of aryl methyl sites for hydroxylation is 2. The van der Waals surface area contributed by atoms with Crippen molar-refractivity contribution < 1.29 is 0 Å². The minimum atomic E-state index is 0.900. The van der Waals surface area contributed by atoms with E-state index < -0.39 is 0 Å². The Hall–Kier alpha value is -1.72. The van der Waals surface area contributed by atoms with Gasteiger partial charge < -0.3 is 5.32 Å². The van der Waals surface area contributed by atoms with Gasteiger partial charge in [-0.1, -0.05) is 0 Å². The van der Waals surface area contributed by atoms with Gasteiger partial charge >= 0.3 is 0 Å². The Bertz CT molecular complexity index is 700. The molecule has 3 aromatic rings. The summed E-state index contributed by atoms with van der Waals surface area (Å²) < 4.78 is 0. The van der Waals surface area contributed by atoms with E-state index in [-0.39, 0.29) is 0 Å². The van der Waals surface area contributed by atoms with E-state index in [1.165, 1.54) is 15.3 Å². The number of pyridine rings is 1. The summed E-state index contributed by atoms with van der Waals surface area (Å²) in [5.74, 6) is 0. The van der Waals surface area contributed by atoms with Crippen LogP contribution in [0.15, 0.2) is 36.0 Å². The number of nitrogens with zero attached hydrogens (tertiary/aromatic N) is 2. The van der Waals surface area contributed by atoms with E-state index in [2.05, 4.69) is 46.6 Å². The molecular formula is C14H13N3S2. The van der Waals surface area contributed by atoms with Gasteiger partial charge in [-0.15, -0.1) is 22.7 Å². The van der Waals surface area contributed by atoms with Gasteiger partial charge in [0.05, 0.1) is 22.5 Å². The molecule has 3 rings (SSSR count). The van der Waals surface area contributed by atoms with Crippen molar-refractivity contribution in [3.63, 3.8) is 0 Å². The molecule has 0 aliphatic rings. The summed E-state index contributed by atoms with van der Waals surface area (Å²) in [6.07, 6.45) is 3.62. The van der Waals surface area contributed by atoms with Crippen molar-refractivity contribution in [2.45, 2.75) is 13.8 Å². The van der Waals surface area contributed by atoms with E-state index in [1.807, 2.05) is 12.3 Å². The van der Waals surface area contributed by atoms with Crippen LogP contribution in [0, 0.1) is 13.8 Å². The molecule has 0 aromatic carbocycles. The van der Waals surface area contributed by atoms with Crippen LogP contribution in [0.3, 0.4) is 0 Å². The normalized spacial score (nSPS) is 10.6. The first kappa shape index (κ1) is 12.3. The molecule has 0 saturated heterocycles. The Morgan fingerprint density at radius 1 is 1.16 bits per heavy atom. The number of hydrogen-bond donors (Lipinski definition) is 1. The lowest BCUT2D eigenvalue weighted by molar-refractivity contribution is 1.27. The maximum absolute atomic E-state index is 4.62. The summed E-state index contributed by atoms with van der Waals surface area (Å²) in [4.78, 5) is 11.3. The van der Waals surface area contributed by atoms with Crippen LogP contribution in [0.4, 0.5) is 10.8 Å². The predicted octanol–water partition coefficient (Wildman–Crippen LogP) is 4.63. The van der Waals surface area contributed by atoms with Gasteiger partial charge in [0.1, 0.15) is 0 Å². The lowest BCUT2D eigenvalue weighted by atomic mass is 10.2. The third kappa shape index (κ3) is 2.67. The quantitative estimate of drug-likeness (QED) is 0.763. The van der Waals surface area contributed by atoms with Crippen molar-refractivity contribution in [3.05, 3.63) is 46.4 Å². The maximum atomic E-state index is 4.62. The molecule has 5 heteroatoms. The topological polar surface area (TPSA) is 37.8 Å². The second-order valence-electron chi connectivity index (χ2n) is 4.26. The van der Waals surface area contributed by atoms with Crippen molar-refractivity contribution in [2.75, 3.05) is 5.32 Å². The molecule has 96 valence electrons. The Morgan fingerprint density at radius 3 is 2.79 bits per heavy atom. The third-order valence-electron chi connectivity index (χ3n) is 2.78. The molecule has 0 spiro atoms. The van der Waals surface area contributed by atoms with E-state index in [1.54, 1.807) is 28.9 Å². The standard InChI is InChI=1S/C14H13N3S2/c1-9-5-6-15-7-11(9)16-14-17-12(8-18-14)13-4-3-10(2)19-13/h3-8H,1-2H3,(H,16,17). The number of aromatic nitrogens is 2. The van der Waals surface area contributed by atoms with Gasteiger partial charge in [0, 0.05) is 16.5 Å². The molecule has 0 radical (unpaired) electrons. The van der Waals surface area contributed by atoms with Gasteiger partial charge in [-0.3, -0.25) is 4.98 Å². The fourth-order valence-electron chi connectivity index (χ4n) is 1.73. The number of rotatable bonds is 3. The highest BCUT2D eigenvalue weighted by molar-refractivity contribution is 7.17. The molecule has 3 nitrogen and oxygen atoms in total. The van der Waals surface area contributed by atoms with Crippen LogP contribution in [0.2, 0.25) is 0 Å². The summed E-state index contributed by atoms with van der Waals surface area (Å²) in [6, 6.07) is 6.23. The van der Waals surface area contributed by atoms with Gasteiger partial charge in [-0.05, 0) is 37.6 Å². The summed E-state index contributed by atoms with van der Waals surface area (Å²) in [6.45, 7) is 4.17. The maximum Gasteiger partial charge on any atom is 0.187 e. The number of thiazole rings is 1. The predicted molar refractivity (Wildman–Crippen MR) is 82.4 cm³/mol. The first-order chi connectivity index (χ1) is 9.22. The number of hydrogen-bond acceptors (Lipinski definition) is 5. The monoisotopic (exact) mass is 287 g/mol. The SMILES string of the molecule is Cc1ccc(-c2csc(Nc3cnccc3C)n2)s1. The van der Waals surface area contributed by atoms with E-state index in [9.17, 15) is 0 Å². The fourth-order valence-corrected chi connectivity index (χ4v) is 3.35. The summed E-state index contributed by atoms with van der Waals surface area (Å²) in [7, 11) is 0. The average molecular weight is 287 g/mol. The van der Waals surface area contributed by atoms with Crippen LogP contribution in [0.5, 0.6) is 0 Å². The zero-order valence-electron chi connectivity index (χ0n) is 10.7. The second-order valence-corrected chi connectivity index (χ2v) is 6.41. The second kappa shape index (κ2) is 5.11. The molecule has 0 aliphatic heterocycles. The molecule has 3 aromatic heterocycles. The minimum Gasteiger partial charge on any atom is -0.330 e. The third-order valence-corrected chi connectivity index (χ3v) is 4.56. The summed E-state index contributed by atoms with van der Waals surface area (Å²) >= 11 is 3.38. The van der Waals surface area contributed by atoms with E-state index >= 15 is 0 Å². The lowest BCUT2D eigenvalue weighted by Gasteiger charge is -2.04. The smallest absolute Gasteiger partial charge is 0.187 e. The first-order valence-electron chi connectivity index (χ1n) is 5.92. The van der Waals surface area contributed by atoms with Crippen molar-refractivity contribution in [1.82, 2.24) is 9.97 Å². The zero-order chi connectivity index (χ0) is 13.2. The Labute approximate surface area is 120 Å². The Morgan fingerprint density at radius 2 is 2.05 bits per heavy atom. The highest BCUT2D eigenvalue weighted by atomic mass is 32.1. The van der Waals surface area contributed by atoms with Gasteiger partial charge in [0.25, 0.3) is 0 Å². The molecule has 0 fully saturated rings. The van der Waals surface area contributed by atoms with Crippen molar-refractivity contribution in [2.24, 2.45) is 0 Å². The minimum absolute atomic E-state index is 0.900. The number of anilines is 2. The van der Waals surface area contributed by atoms with Gasteiger partial charge in [-0.2, -0.15) is 0 Å². The molecule has 0 unspecified atom stereocenters. The van der Waals surface area contributed by atoms with Crippen LogP contribution in [-0.2, 0) is 0 Å². The first-order valence-corrected chi connectivity index (χ1v) is 7.62. The molecule has 0 bridgehead atoms. The van der Waals surface area contributed by atoms with Gasteiger partial charge in [0.2, 0.25) is 0 Å². The Kier molecular flexibility index (Phi) is 3.31. The van der Waals surface area contributed by atoms with Crippen LogP contribution < -0.4 is 5.32 Å². The van der Waals surface area contributed by atoms with Crippen LogP contribution in [0.25, 0.3) is 10.6 Å². The number of nitrogens with one attached hydrogen (secondary N) is 1. The van der Waals surface area contributed by atoms with E-state index in [4.69, 9.17) is 0 Å². The summed E-state index contributed by atoms with van der Waals surface area (Å²) in [5, 5.41) is 6.30.